The molecule has 2 rings (SSSR count). The van der Waals surface area contributed by atoms with Crippen molar-refractivity contribution in [2.45, 2.75) is 51.1 Å². The number of likely N-dealkylation sites (tertiary alicyclic amines) is 1. The van der Waals surface area contributed by atoms with Crippen molar-refractivity contribution < 1.29 is 9.53 Å². The van der Waals surface area contributed by atoms with Crippen LogP contribution in [-0.4, -0.2) is 49.2 Å². The second-order valence-corrected chi connectivity index (χ2v) is 5.05. The Morgan fingerprint density at radius 1 is 1.41 bits per heavy atom. The maximum Gasteiger partial charge on any atom is 0.240 e. The molecule has 0 aromatic heterocycles. The van der Waals surface area contributed by atoms with Crippen LogP contribution in [0.15, 0.2) is 0 Å². The summed E-state index contributed by atoms with van der Waals surface area (Å²) in [5.41, 5.74) is 0. The molecule has 2 aliphatic rings. The summed E-state index contributed by atoms with van der Waals surface area (Å²) >= 11 is 0. The summed E-state index contributed by atoms with van der Waals surface area (Å²) in [5.74, 6) is 0.292. The molecule has 0 aromatic carbocycles. The fourth-order valence-electron chi connectivity index (χ4n) is 2.74. The average molecular weight is 240 g/mol. The average Bonchev–Trinajstić information content (AvgIpc) is 2.39. The minimum absolute atomic E-state index is 0.0469. The Hall–Kier alpha value is -0.610. The summed E-state index contributed by atoms with van der Waals surface area (Å²) in [6.07, 6.45) is 5.37. The highest BCUT2D eigenvalue weighted by Crippen LogP contribution is 2.20. The van der Waals surface area contributed by atoms with Crippen molar-refractivity contribution in [1.29, 1.82) is 0 Å². The van der Waals surface area contributed by atoms with Crippen LogP contribution in [0.1, 0.15) is 39.0 Å². The van der Waals surface area contributed by atoms with E-state index in [1.807, 2.05) is 0 Å². The van der Waals surface area contributed by atoms with Crippen molar-refractivity contribution in [2.24, 2.45) is 0 Å². The van der Waals surface area contributed by atoms with Gasteiger partial charge in [0.15, 0.2) is 0 Å². The number of carbonyl (C=O) groups is 1. The molecule has 1 N–H and O–H groups in total. The van der Waals surface area contributed by atoms with Crippen molar-refractivity contribution in [2.75, 3.05) is 26.3 Å². The molecule has 98 valence electrons. The SMILES string of the molecule is CCCNC1CCCN(C2CCCOC2)C1=O. The minimum Gasteiger partial charge on any atom is -0.379 e. The van der Waals surface area contributed by atoms with Crippen LogP contribution in [0.2, 0.25) is 0 Å². The minimum atomic E-state index is 0.0469. The van der Waals surface area contributed by atoms with Gasteiger partial charge in [0.2, 0.25) is 5.91 Å². The summed E-state index contributed by atoms with van der Waals surface area (Å²) in [6.45, 7) is 5.57. The number of ether oxygens (including phenoxy) is 1. The third kappa shape index (κ3) is 3.19. The van der Waals surface area contributed by atoms with E-state index in [0.717, 1.165) is 58.4 Å². The molecule has 2 atom stereocenters. The van der Waals surface area contributed by atoms with Crippen LogP contribution in [0.3, 0.4) is 0 Å². The van der Waals surface area contributed by atoms with Crippen LogP contribution < -0.4 is 5.32 Å². The Balaban J connectivity index is 1.90. The molecule has 4 heteroatoms. The van der Waals surface area contributed by atoms with E-state index in [-0.39, 0.29) is 6.04 Å². The lowest BCUT2D eigenvalue weighted by molar-refractivity contribution is -0.141. The maximum atomic E-state index is 12.3. The van der Waals surface area contributed by atoms with Gasteiger partial charge in [-0.1, -0.05) is 6.92 Å². The van der Waals surface area contributed by atoms with E-state index < -0.39 is 0 Å². The molecular weight excluding hydrogens is 216 g/mol. The first-order valence-corrected chi connectivity index (χ1v) is 6.94. The molecule has 1 amide bonds. The third-order valence-corrected chi connectivity index (χ3v) is 3.69. The molecule has 0 bridgehead atoms. The second-order valence-electron chi connectivity index (χ2n) is 5.05. The largest absolute Gasteiger partial charge is 0.379 e. The Morgan fingerprint density at radius 3 is 3.00 bits per heavy atom. The molecule has 4 nitrogen and oxygen atoms in total. The summed E-state index contributed by atoms with van der Waals surface area (Å²) in [5, 5.41) is 3.36. The molecule has 2 aliphatic heterocycles. The number of amides is 1. The van der Waals surface area contributed by atoms with Crippen molar-refractivity contribution in [1.82, 2.24) is 10.2 Å². The molecule has 2 unspecified atom stereocenters. The second kappa shape index (κ2) is 6.36. The van der Waals surface area contributed by atoms with E-state index in [9.17, 15) is 4.79 Å². The molecule has 2 fully saturated rings. The van der Waals surface area contributed by atoms with Crippen molar-refractivity contribution in [3.63, 3.8) is 0 Å². The monoisotopic (exact) mass is 240 g/mol. The number of hydrogen-bond acceptors (Lipinski definition) is 3. The fourth-order valence-corrected chi connectivity index (χ4v) is 2.74. The number of hydrogen-bond donors (Lipinski definition) is 1. The molecule has 2 saturated heterocycles. The van der Waals surface area contributed by atoms with E-state index in [2.05, 4.69) is 17.1 Å². The van der Waals surface area contributed by atoms with Crippen LogP contribution in [0.5, 0.6) is 0 Å². The van der Waals surface area contributed by atoms with Gasteiger partial charge in [-0.05, 0) is 38.6 Å². The van der Waals surface area contributed by atoms with Gasteiger partial charge >= 0.3 is 0 Å². The molecule has 0 aromatic rings. The molecule has 2 heterocycles. The van der Waals surface area contributed by atoms with Crippen LogP contribution in [0.4, 0.5) is 0 Å². The van der Waals surface area contributed by atoms with Gasteiger partial charge in [-0.3, -0.25) is 4.79 Å². The van der Waals surface area contributed by atoms with Gasteiger partial charge in [0.1, 0.15) is 0 Å². The number of rotatable bonds is 4. The van der Waals surface area contributed by atoms with Gasteiger partial charge in [-0.15, -0.1) is 0 Å². The lowest BCUT2D eigenvalue weighted by atomic mass is 10.00. The van der Waals surface area contributed by atoms with Crippen molar-refractivity contribution in [3.05, 3.63) is 0 Å². The van der Waals surface area contributed by atoms with Gasteiger partial charge in [0.25, 0.3) is 0 Å². The summed E-state index contributed by atoms with van der Waals surface area (Å²) in [6, 6.07) is 0.369. The molecule has 0 radical (unpaired) electrons. The van der Waals surface area contributed by atoms with E-state index >= 15 is 0 Å². The fraction of sp³-hybridized carbons (Fsp3) is 0.923. The third-order valence-electron chi connectivity index (χ3n) is 3.69. The highest BCUT2D eigenvalue weighted by Gasteiger charge is 2.33. The highest BCUT2D eigenvalue weighted by molar-refractivity contribution is 5.83. The quantitative estimate of drug-likeness (QED) is 0.801. The van der Waals surface area contributed by atoms with Crippen molar-refractivity contribution in [3.8, 4) is 0 Å². The summed E-state index contributed by atoms with van der Waals surface area (Å²) < 4.78 is 5.49. The predicted molar refractivity (Wildman–Crippen MR) is 66.9 cm³/mol. The Morgan fingerprint density at radius 2 is 2.29 bits per heavy atom. The zero-order valence-corrected chi connectivity index (χ0v) is 10.8. The zero-order chi connectivity index (χ0) is 12.1. The zero-order valence-electron chi connectivity index (χ0n) is 10.8. The first kappa shape index (κ1) is 12.8. The summed E-state index contributed by atoms with van der Waals surface area (Å²) in [7, 11) is 0. The molecule has 0 aliphatic carbocycles. The van der Waals surface area contributed by atoms with E-state index in [1.54, 1.807) is 0 Å². The molecular formula is C13H24N2O2. The molecule has 0 spiro atoms. The predicted octanol–water partition coefficient (Wildman–Crippen LogP) is 1.16. The topological polar surface area (TPSA) is 41.6 Å². The molecule has 17 heavy (non-hydrogen) atoms. The van der Waals surface area contributed by atoms with Gasteiger partial charge in [0, 0.05) is 13.2 Å². The molecule has 0 saturated carbocycles. The summed E-state index contributed by atoms with van der Waals surface area (Å²) in [4.78, 5) is 14.4. The van der Waals surface area contributed by atoms with E-state index in [0.29, 0.717) is 11.9 Å². The number of nitrogens with one attached hydrogen (secondary N) is 1. The Bertz CT molecular complexity index is 252. The van der Waals surface area contributed by atoms with Gasteiger partial charge < -0.3 is 15.0 Å². The van der Waals surface area contributed by atoms with E-state index in [4.69, 9.17) is 4.74 Å². The van der Waals surface area contributed by atoms with Crippen LogP contribution in [0, 0.1) is 0 Å². The van der Waals surface area contributed by atoms with Gasteiger partial charge in [-0.25, -0.2) is 0 Å². The maximum absolute atomic E-state index is 12.3. The smallest absolute Gasteiger partial charge is 0.240 e. The number of piperidine rings is 1. The van der Waals surface area contributed by atoms with Crippen LogP contribution >= 0.6 is 0 Å². The van der Waals surface area contributed by atoms with Gasteiger partial charge in [0.05, 0.1) is 18.7 Å². The first-order chi connectivity index (χ1) is 8.33. The standard InChI is InChI=1S/C13H24N2O2/c1-2-7-14-12-6-3-8-15(13(12)16)11-5-4-9-17-10-11/h11-12,14H,2-10H2,1H3. The van der Waals surface area contributed by atoms with E-state index in [1.165, 1.54) is 0 Å². The van der Waals surface area contributed by atoms with Crippen molar-refractivity contribution >= 4 is 5.91 Å². The first-order valence-electron chi connectivity index (χ1n) is 6.94. The Kier molecular flexibility index (Phi) is 4.80. The Labute approximate surface area is 104 Å². The number of carbonyl (C=O) groups excluding carboxylic acids is 1. The lowest BCUT2D eigenvalue weighted by Gasteiger charge is -2.39. The van der Waals surface area contributed by atoms with Crippen LogP contribution in [0.25, 0.3) is 0 Å². The van der Waals surface area contributed by atoms with Crippen LogP contribution in [-0.2, 0) is 9.53 Å². The lowest BCUT2D eigenvalue weighted by Crippen LogP contribution is -2.56. The highest BCUT2D eigenvalue weighted by atomic mass is 16.5. The van der Waals surface area contributed by atoms with Gasteiger partial charge in [-0.2, -0.15) is 0 Å². The normalized spacial score (nSPS) is 30.6. The number of nitrogens with zero attached hydrogens (tertiary/aromatic N) is 1.